The molecule has 2 aromatic rings. The van der Waals surface area contributed by atoms with Crippen LogP contribution in [0.4, 0.5) is 18.9 Å². The fraction of sp³-hybridized carbons (Fsp3) is 0. The van der Waals surface area contributed by atoms with Gasteiger partial charge >= 0.3 is 5.97 Å². The van der Waals surface area contributed by atoms with Crippen molar-refractivity contribution >= 4 is 33.0 Å². The molecule has 0 aliphatic carbocycles. The normalized spacial score (nSPS) is 11.4. The Morgan fingerprint density at radius 1 is 1.19 bits per heavy atom. The molecule has 1 aromatic carbocycles. The van der Waals surface area contributed by atoms with Gasteiger partial charge in [0.1, 0.15) is 4.21 Å². The van der Waals surface area contributed by atoms with E-state index in [1.54, 1.807) is 4.72 Å². The molecule has 0 aliphatic heterocycles. The molecule has 0 saturated carbocycles. The molecule has 0 amide bonds. The van der Waals surface area contributed by atoms with Crippen LogP contribution in [-0.4, -0.2) is 19.5 Å². The zero-order chi connectivity index (χ0) is 15.8. The molecule has 10 heteroatoms. The van der Waals surface area contributed by atoms with Gasteiger partial charge in [-0.25, -0.2) is 26.4 Å². The van der Waals surface area contributed by atoms with Gasteiger partial charge in [0.2, 0.25) is 0 Å². The van der Waals surface area contributed by atoms with Crippen molar-refractivity contribution in [3.63, 3.8) is 0 Å². The number of halogens is 3. The zero-order valence-corrected chi connectivity index (χ0v) is 11.6. The van der Waals surface area contributed by atoms with E-state index in [-0.39, 0.29) is 5.56 Å². The number of carbonyl (C=O) groups is 1. The van der Waals surface area contributed by atoms with Gasteiger partial charge in [0.05, 0.1) is 11.3 Å². The summed E-state index contributed by atoms with van der Waals surface area (Å²) in [5.41, 5.74) is -1.04. The SMILES string of the molecule is O=C(O)c1csc(S(=O)(=O)Nc2ccc(F)c(F)c2F)c1. The first kappa shape index (κ1) is 15.3. The summed E-state index contributed by atoms with van der Waals surface area (Å²) in [5.74, 6) is -6.28. The van der Waals surface area contributed by atoms with Crippen LogP contribution in [0.1, 0.15) is 10.4 Å². The molecule has 21 heavy (non-hydrogen) atoms. The van der Waals surface area contributed by atoms with Crippen molar-refractivity contribution in [3.8, 4) is 0 Å². The van der Waals surface area contributed by atoms with E-state index in [2.05, 4.69) is 0 Å². The Bertz CT molecular complexity index is 817. The minimum atomic E-state index is -4.30. The van der Waals surface area contributed by atoms with Crippen molar-refractivity contribution < 1.29 is 31.5 Å². The Hall–Kier alpha value is -2.07. The lowest BCUT2D eigenvalue weighted by Crippen LogP contribution is -2.13. The first-order valence-electron chi connectivity index (χ1n) is 5.20. The maximum Gasteiger partial charge on any atom is 0.336 e. The van der Waals surface area contributed by atoms with Crippen LogP contribution >= 0.6 is 11.3 Å². The number of hydrogen-bond acceptors (Lipinski definition) is 4. The predicted octanol–water partition coefficient (Wildman–Crippen LogP) is 2.66. The number of carboxylic acids is 1. The highest BCUT2D eigenvalue weighted by atomic mass is 32.2. The molecule has 2 rings (SSSR count). The van der Waals surface area contributed by atoms with Crippen LogP contribution in [0.25, 0.3) is 0 Å². The topological polar surface area (TPSA) is 83.5 Å². The Balaban J connectivity index is 2.37. The number of rotatable bonds is 4. The summed E-state index contributed by atoms with van der Waals surface area (Å²) < 4.78 is 64.3. The first-order chi connectivity index (χ1) is 9.72. The smallest absolute Gasteiger partial charge is 0.336 e. The molecule has 0 fully saturated rings. The third-order valence-corrected chi connectivity index (χ3v) is 5.17. The average molecular weight is 337 g/mol. The number of aromatic carboxylic acids is 1. The van der Waals surface area contributed by atoms with Gasteiger partial charge in [0, 0.05) is 5.38 Å². The number of hydrogen-bond donors (Lipinski definition) is 2. The van der Waals surface area contributed by atoms with E-state index in [1.165, 1.54) is 0 Å². The zero-order valence-electron chi connectivity index (χ0n) is 9.93. The lowest BCUT2D eigenvalue weighted by Gasteiger charge is -2.07. The van der Waals surface area contributed by atoms with Gasteiger partial charge < -0.3 is 5.11 Å². The molecule has 0 bridgehead atoms. The summed E-state index contributed by atoms with van der Waals surface area (Å²) in [6.45, 7) is 0. The molecule has 0 spiro atoms. The number of sulfonamides is 1. The number of carboxylic acid groups (broad SMARTS) is 1. The Labute approximate surface area is 120 Å². The highest BCUT2D eigenvalue weighted by molar-refractivity contribution is 7.94. The van der Waals surface area contributed by atoms with E-state index in [9.17, 15) is 26.4 Å². The molecular weight excluding hydrogens is 331 g/mol. The fourth-order valence-electron chi connectivity index (χ4n) is 1.37. The molecule has 2 N–H and O–H groups in total. The molecule has 0 radical (unpaired) electrons. The molecule has 112 valence electrons. The van der Waals surface area contributed by atoms with Gasteiger partial charge in [-0.3, -0.25) is 4.72 Å². The molecule has 1 aromatic heterocycles. The largest absolute Gasteiger partial charge is 0.478 e. The second kappa shape index (κ2) is 5.37. The van der Waals surface area contributed by atoms with E-state index in [0.29, 0.717) is 17.4 Å². The van der Waals surface area contributed by atoms with Crippen molar-refractivity contribution in [2.24, 2.45) is 0 Å². The fourth-order valence-corrected chi connectivity index (χ4v) is 3.58. The van der Waals surface area contributed by atoms with Gasteiger partial charge in [0.15, 0.2) is 17.5 Å². The Morgan fingerprint density at radius 3 is 2.43 bits per heavy atom. The standard InChI is InChI=1S/C11H6F3NO4S2/c12-6-1-2-7(10(14)9(6)13)15-21(18,19)8-3-5(4-20-8)11(16)17/h1-4,15H,(H,16,17). The van der Waals surface area contributed by atoms with E-state index in [1.807, 2.05) is 0 Å². The van der Waals surface area contributed by atoms with Gasteiger partial charge in [0.25, 0.3) is 10.0 Å². The highest BCUT2D eigenvalue weighted by Gasteiger charge is 2.22. The third kappa shape index (κ3) is 3.00. The molecule has 0 atom stereocenters. The van der Waals surface area contributed by atoms with Gasteiger partial charge in [-0.15, -0.1) is 11.3 Å². The van der Waals surface area contributed by atoms with Crippen molar-refractivity contribution in [2.75, 3.05) is 4.72 Å². The van der Waals surface area contributed by atoms with E-state index >= 15 is 0 Å². The van der Waals surface area contributed by atoms with Gasteiger partial charge in [-0.2, -0.15) is 0 Å². The summed E-state index contributed by atoms with van der Waals surface area (Å²) in [7, 11) is -4.30. The Kier molecular flexibility index (Phi) is 3.92. The highest BCUT2D eigenvalue weighted by Crippen LogP contribution is 2.26. The molecular formula is C11H6F3NO4S2. The lowest BCUT2D eigenvalue weighted by molar-refractivity contribution is 0.0697. The van der Waals surface area contributed by atoms with Crippen molar-refractivity contribution in [3.05, 3.63) is 46.6 Å². The van der Waals surface area contributed by atoms with Crippen LogP contribution in [-0.2, 0) is 10.0 Å². The van der Waals surface area contributed by atoms with Crippen molar-refractivity contribution in [1.82, 2.24) is 0 Å². The third-order valence-electron chi connectivity index (χ3n) is 2.37. The summed E-state index contributed by atoms with van der Waals surface area (Å²) >= 11 is 0.596. The minimum absolute atomic E-state index is 0.258. The van der Waals surface area contributed by atoms with Crippen LogP contribution in [0.15, 0.2) is 27.8 Å². The summed E-state index contributed by atoms with van der Waals surface area (Å²) in [6.07, 6.45) is 0. The molecule has 0 saturated heterocycles. The maximum atomic E-state index is 13.4. The number of anilines is 1. The molecule has 0 unspecified atom stereocenters. The number of benzene rings is 1. The average Bonchev–Trinajstić information content (AvgIpc) is 2.90. The van der Waals surface area contributed by atoms with Crippen LogP contribution < -0.4 is 4.72 Å². The second-order valence-electron chi connectivity index (χ2n) is 3.79. The van der Waals surface area contributed by atoms with E-state index in [4.69, 9.17) is 5.11 Å². The molecule has 1 heterocycles. The molecule has 5 nitrogen and oxygen atoms in total. The monoisotopic (exact) mass is 337 g/mol. The van der Waals surface area contributed by atoms with Crippen LogP contribution in [0.3, 0.4) is 0 Å². The van der Waals surface area contributed by atoms with E-state index in [0.717, 1.165) is 17.5 Å². The predicted molar refractivity (Wildman–Crippen MR) is 68.4 cm³/mol. The summed E-state index contributed by atoms with van der Waals surface area (Å²) in [6, 6.07) is 2.15. The van der Waals surface area contributed by atoms with Crippen LogP contribution in [0.2, 0.25) is 0 Å². The van der Waals surface area contributed by atoms with Gasteiger partial charge in [-0.05, 0) is 18.2 Å². The Morgan fingerprint density at radius 2 is 1.86 bits per heavy atom. The first-order valence-corrected chi connectivity index (χ1v) is 7.57. The second-order valence-corrected chi connectivity index (χ2v) is 6.61. The maximum absolute atomic E-state index is 13.4. The number of nitrogens with one attached hydrogen (secondary N) is 1. The summed E-state index contributed by atoms with van der Waals surface area (Å²) in [4.78, 5) is 10.7. The van der Waals surface area contributed by atoms with Crippen LogP contribution in [0, 0.1) is 17.5 Å². The minimum Gasteiger partial charge on any atom is -0.478 e. The lowest BCUT2D eigenvalue weighted by atomic mass is 10.3. The summed E-state index contributed by atoms with van der Waals surface area (Å²) in [5, 5.41) is 9.79. The van der Waals surface area contributed by atoms with E-state index < -0.39 is 43.3 Å². The quantitative estimate of drug-likeness (QED) is 0.840. The van der Waals surface area contributed by atoms with Crippen molar-refractivity contribution in [1.29, 1.82) is 0 Å². The number of thiophene rings is 1. The van der Waals surface area contributed by atoms with Crippen molar-refractivity contribution in [2.45, 2.75) is 4.21 Å². The van der Waals surface area contributed by atoms with Crippen LogP contribution in [0.5, 0.6) is 0 Å². The molecule has 0 aliphatic rings. The van der Waals surface area contributed by atoms with Gasteiger partial charge in [-0.1, -0.05) is 0 Å².